The zero-order valence-corrected chi connectivity index (χ0v) is 27.2. The quantitative estimate of drug-likeness (QED) is 0.245. The van der Waals surface area contributed by atoms with Gasteiger partial charge in [-0.25, -0.2) is 0 Å². The number of amides is 1. The molecule has 1 aliphatic carbocycles. The summed E-state index contributed by atoms with van der Waals surface area (Å²) >= 11 is 1.84. The van der Waals surface area contributed by atoms with Crippen LogP contribution in [0, 0.1) is 11.8 Å². The first-order valence-electron chi connectivity index (χ1n) is 14.6. The molecule has 3 aromatic rings. The third-order valence-corrected chi connectivity index (χ3v) is 14.8. The SMILES string of the molecule is CNc1cc(OCc2ccccc2)c(OC)cc1C(=O)N1CC[C@@H]2C(c3cccs3)[C@H]2[C@H]1CO[Si](C)(C)C(C)(C)C. The molecule has 2 aliphatic rings. The van der Waals surface area contributed by atoms with Gasteiger partial charge in [-0.3, -0.25) is 4.79 Å². The first-order valence-corrected chi connectivity index (χ1v) is 18.4. The average molecular weight is 593 g/mol. The number of nitrogens with zero attached hydrogens (tertiary/aromatic N) is 1. The second-order valence-electron chi connectivity index (χ2n) is 12.8. The van der Waals surface area contributed by atoms with Crippen LogP contribution in [0.2, 0.25) is 18.1 Å². The Morgan fingerprint density at radius 1 is 1.10 bits per heavy atom. The van der Waals surface area contributed by atoms with Crippen molar-refractivity contribution in [2.45, 2.75) is 63.9 Å². The summed E-state index contributed by atoms with van der Waals surface area (Å²) in [6.45, 7) is 13.1. The number of benzene rings is 2. The highest BCUT2D eigenvalue weighted by Gasteiger charge is 2.60. The molecule has 41 heavy (non-hydrogen) atoms. The molecule has 1 unspecified atom stereocenters. The summed E-state index contributed by atoms with van der Waals surface area (Å²) in [6, 6.07) is 18.2. The van der Waals surface area contributed by atoms with Crippen molar-refractivity contribution in [3.63, 3.8) is 0 Å². The summed E-state index contributed by atoms with van der Waals surface area (Å²) in [5, 5.41) is 5.51. The molecular weight excluding hydrogens is 549 g/mol. The highest BCUT2D eigenvalue weighted by atomic mass is 32.1. The minimum atomic E-state index is -1.99. The van der Waals surface area contributed by atoms with E-state index < -0.39 is 8.32 Å². The highest BCUT2D eigenvalue weighted by Crippen LogP contribution is 2.62. The number of nitrogens with one attached hydrogen (secondary N) is 1. The van der Waals surface area contributed by atoms with Gasteiger partial charge < -0.3 is 24.1 Å². The Morgan fingerprint density at radius 2 is 1.85 bits per heavy atom. The van der Waals surface area contributed by atoms with Crippen LogP contribution in [0.1, 0.15) is 53.9 Å². The molecule has 1 aliphatic heterocycles. The molecule has 0 radical (unpaired) electrons. The van der Waals surface area contributed by atoms with E-state index in [1.807, 2.05) is 60.8 Å². The van der Waals surface area contributed by atoms with Gasteiger partial charge in [0.25, 0.3) is 5.91 Å². The molecule has 220 valence electrons. The zero-order valence-electron chi connectivity index (χ0n) is 25.4. The van der Waals surface area contributed by atoms with Crippen LogP contribution in [0.4, 0.5) is 5.69 Å². The number of rotatable bonds is 10. The van der Waals surface area contributed by atoms with Crippen LogP contribution in [-0.4, -0.2) is 52.5 Å². The van der Waals surface area contributed by atoms with E-state index in [2.05, 4.69) is 61.6 Å². The molecule has 1 saturated heterocycles. The Kier molecular flexibility index (Phi) is 8.55. The topological polar surface area (TPSA) is 60.0 Å². The first kappa shape index (κ1) is 29.7. The van der Waals surface area contributed by atoms with E-state index in [-0.39, 0.29) is 17.0 Å². The van der Waals surface area contributed by atoms with Gasteiger partial charge in [-0.2, -0.15) is 0 Å². The number of carbonyl (C=O) groups excluding carboxylic acids is 1. The van der Waals surface area contributed by atoms with Crippen molar-refractivity contribution in [3.8, 4) is 11.5 Å². The lowest BCUT2D eigenvalue weighted by atomic mass is 10.0. The van der Waals surface area contributed by atoms with Crippen molar-refractivity contribution in [2.75, 3.05) is 32.6 Å². The minimum absolute atomic E-state index is 0.0152. The molecule has 2 aromatic carbocycles. The maximum absolute atomic E-state index is 14.4. The molecule has 1 N–H and O–H groups in total. The number of anilines is 1. The number of hydrogen-bond acceptors (Lipinski definition) is 6. The molecular formula is C33H44N2O4SSi. The molecule has 1 saturated carbocycles. The van der Waals surface area contributed by atoms with Crippen molar-refractivity contribution < 1.29 is 18.7 Å². The largest absolute Gasteiger partial charge is 0.493 e. The van der Waals surface area contributed by atoms with Crippen molar-refractivity contribution >= 4 is 31.2 Å². The Balaban J connectivity index is 1.42. The van der Waals surface area contributed by atoms with Gasteiger partial charge in [0.1, 0.15) is 6.61 Å². The fourth-order valence-corrected chi connectivity index (χ4v) is 7.89. The smallest absolute Gasteiger partial charge is 0.256 e. The van der Waals surface area contributed by atoms with Crippen LogP contribution < -0.4 is 14.8 Å². The van der Waals surface area contributed by atoms with Gasteiger partial charge in [0.15, 0.2) is 19.8 Å². The Labute approximate surface area is 250 Å². The second-order valence-corrected chi connectivity index (χ2v) is 18.6. The summed E-state index contributed by atoms with van der Waals surface area (Å²) < 4.78 is 18.7. The predicted octanol–water partition coefficient (Wildman–Crippen LogP) is 7.64. The fourth-order valence-electron chi connectivity index (χ4n) is 5.91. The van der Waals surface area contributed by atoms with Crippen molar-refractivity contribution in [2.24, 2.45) is 11.8 Å². The molecule has 0 bridgehead atoms. The summed E-state index contributed by atoms with van der Waals surface area (Å²) in [6.07, 6.45) is 1.01. The van der Waals surface area contributed by atoms with Crippen molar-refractivity contribution in [1.82, 2.24) is 4.90 Å². The molecule has 1 amide bonds. The molecule has 2 fully saturated rings. The number of likely N-dealkylation sites (tertiary alicyclic amines) is 1. The lowest BCUT2D eigenvalue weighted by Crippen LogP contribution is -2.51. The monoisotopic (exact) mass is 592 g/mol. The minimum Gasteiger partial charge on any atom is -0.493 e. The van der Waals surface area contributed by atoms with E-state index in [1.165, 1.54) is 4.88 Å². The van der Waals surface area contributed by atoms with Crippen LogP contribution in [-0.2, 0) is 11.0 Å². The second kappa shape index (κ2) is 11.8. The van der Waals surface area contributed by atoms with Gasteiger partial charge in [0.2, 0.25) is 0 Å². The molecule has 2 heterocycles. The lowest BCUT2D eigenvalue weighted by Gasteiger charge is -2.41. The number of hydrogen-bond donors (Lipinski definition) is 1. The van der Waals surface area contributed by atoms with E-state index in [0.717, 1.165) is 24.2 Å². The number of ether oxygens (including phenoxy) is 2. The first-order chi connectivity index (χ1) is 19.6. The summed E-state index contributed by atoms with van der Waals surface area (Å²) in [5.74, 6) is 2.71. The molecule has 6 nitrogen and oxygen atoms in total. The highest BCUT2D eigenvalue weighted by molar-refractivity contribution is 7.10. The van der Waals surface area contributed by atoms with Crippen LogP contribution in [0.5, 0.6) is 11.5 Å². The van der Waals surface area contributed by atoms with Crippen LogP contribution in [0.3, 0.4) is 0 Å². The van der Waals surface area contributed by atoms with Gasteiger partial charge in [-0.15, -0.1) is 11.3 Å². The Bertz CT molecular complexity index is 1340. The zero-order chi connectivity index (χ0) is 29.4. The number of thiophene rings is 1. The standard InChI is InChI=1S/C33H44N2O4SSi/c1-33(2,3)41(6,7)39-21-26-30-23(31(30)29-14-11-17-40-29)15-16-35(26)32(36)24-18-27(37-5)28(19-25(24)34-4)38-20-22-12-9-8-10-13-22/h8-14,17-19,23,26,30-31,34H,15-16,20-21H2,1-7H3/t23-,26+,30+,31?/m0/s1. The molecule has 0 spiro atoms. The molecule has 5 rings (SSSR count). The van der Waals surface area contributed by atoms with E-state index in [1.54, 1.807) is 7.11 Å². The van der Waals surface area contributed by atoms with Crippen molar-refractivity contribution in [1.29, 1.82) is 0 Å². The van der Waals surface area contributed by atoms with Crippen LogP contribution in [0.25, 0.3) is 0 Å². The maximum atomic E-state index is 14.4. The fraction of sp³-hybridized carbons (Fsp3) is 0.485. The summed E-state index contributed by atoms with van der Waals surface area (Å²) in [4.78, 5) is 17.9. The third-order valence-electron chi connectivity index (χ3n) is 9.37. The normalized spacial score (nSPS) is 22.2. The summed E-state index contributed by atoms with van der Waals surface area (Å²) in [5.41, 5.74) is 2.40. The number of methoxy groups -OCH3 is 1. The Morgan fingerprint density at radius 3 is 2.49 bits per heavy atom. The predicted molar refractivity (Wildman–Crippen MR) is 170 cm³/mol. The molecule has 4 atom stereocenters. The third kappa shape index (κ3) is 6.06. The average Bonchev–Trinajstić information content (AvgIpc) is 3.43. The Hall–Kier alpha value is -2.81. The van der Waals surface area contributed by atoms with E-state index in [4.69, 9.17) is 13.9 Å². The number of carbonyl (C=O) groups is 1. The van der Waals surface area contributed by atoms with Gasteiger partial charge in [-0.05, 0) is 59.5 Å². The molecule has 8 heteroatoms. The van der Waals surface area contributed by atoms with Gasteiger partial charge in [-0.1, -0.05) is 57.2 Å². The van der Waals surface area contributed by atoms with E-state index in [0.29, 0.717) is 48.0 Å². The van der Waals surface area contributed by atoms with Crippen molar-refractivity contribution in [3.05, 3.63) is 76.0 Å². The maximum Gasteiger partial charge on any atom is 0.256 e. The molecule has 1 aromatic heterocycles. The van der Waals surface area contributed by atoms with Gasteiger partial charge in [0.05, 0.1) is 31.0 Å². The van der Waals surface area contributed by atoms with Gasteiger partial charge in [0, 0.05) is 30.5 Å². The van der Waals surface area contributed by atoms with E-state index >= 15 is 0 Å². The summed E-state index contributed by atoms with van der Waals surface area (Å²) in [7, 11) is 1.47. The number of fused-ring (bicyclic) bond motifs is 1. The van der Waals surface area contributed by atoms with Crippen LogP contribution >= 0.6 is 11.3 Å². The van der Waals surface area contributed by atoms with E-state index in [9.17, 15) is 4.79 Å². The van der Waals surface area contributed by atoms with Gasteiger partial charge >= 0.3 is 0 Å². The number of piperidine rings is 1. The van der Waals surface area contributed by atoms with Crippen LogP contribution in [0.15, 0.2) is 60.0 Å². The lowest BCUT2D eigenvalue weighted by molar-refractivity contribution is 0.0484.